The minimum absolute atomic E-state index is 0.0345. The molecule has 0 radical (unpaired) electrons. The Morgan fingerprint density at radius 2 is 1.67 bits per heavy atom. The van der Waals surface area contributed by atoms with E-state index in [4.69, 9.17) is 9.47 Å². The van der Waals surface area contributed by atoms with E-state index >= 15 is 0 Å². The number of ether oxygens (including phenoxy) is 2. The summed E-state index contributed by atoms with van der Waals surface area (Å²) < 4.78 is 9.70. The smallest absolute Gasteiger partial charge is 0.323 e. The monoisotopic (exact) mass is 290 g/mol. The molecule has 0 aromatic heterocycles. The zero-order chi connectivity index (χ0) is 15.5. The molecule has 0 bridgehead atoms. The van der Waals surface area contributed by atoms with Crippen molar-refractivity contribution >= 4 is 17.7 Å². The molecule has 0 spiro atoms. The molecule has 0 aliphatic heterocycles. The van der Waals surface area contributed by atoms with Gasteiger partial charge in [0.05, 0.1) is 14.2 Å². The minimum Gasteiger partial charge on any atom is -0.468 e. The van der Waals surface area contributed by atoms with Gasteiger partial charge in [-0.05, 0) is 12.0 Å². The van der Waals surface area contributed by atoms with E-state index < -0.39 is 23.3 Å². The van der Waals surface area contributed by atoms with Gasteiger partial charge in [-0.3, -0.25) is 14.4 Å². The fourth-order valence-corrected chi connectivity index (χ4v) is 3.04. The van der Waals surface area contributed by atoms with Crippen molar-refractivity contribution in [1.82, 2.24) is 0 Å². The van der Waals surface area contributed by atoms with Crippen LogP contribution in [-0.4, -0.2) is 31.9 Å². The van der Waals surface area contributed by atoms with E-state index in [1.54, 1.807) is 0 Å². The highest BCUT2D eigenvalue weighted by molar-refractivity contribution is 6.03. The molecule has 1 aromatic rings. The van der Waals surface area contributed by atoms with Gasteiger partial charge in [0.15, 0.2) is 5.41 Å². The van der Waals surface area contributed by atoms with E-state index in [2.05, 4.69) is 0 Å². The first-order chi connectivity index (χ1) is 10.1. The van der Waals surface area contributed by atoms with E-state index in [1.807, 2.05) is 30.3 Å². The molecule has 1 saturated carbocycles. The first-order valence-electron chi connectivity index (χ1n) is 6.79. The standard InChI is InChI=1S/C16H18O5/c1-20-14(18)16(15(19)21-2)9-8-12(17)10-13(16)11-6-4-3-5-7-11/h3-7,13H,8-10H2,1-2H3/t13-/m1/s1. The van der Waals surface area contributed by atoms with Gasteiger partial charge in [-0.1, -0.05) is 30.3 Å². The number of rotatable bonds is 3. The number of carbonyl (C=O) groups is 3. The number of hydrogen-bond acceptors (Lipinski definition) is 5. The zero-order valence-electron chi connectivity index (χ0n) is 12.1. The Balaban J connectivity index is 2.55. The second-order valence-corrected chi connectivity index (χ2v) is 5.16. The minimum atomic E-state index is -1.45. The maximum atomic E-state index is 12.3. The van der Waals surface area contributed by atoms with Gasteiger partial charge < -0.3 is 9.47 Å². The predicted octanol–water partition coefficient (Wildman–Crippen LogP) is 1.86. The molecule has 1 fully saturated rings. The summed E-state index contributed by atoms with van der Waals surface area (Å²) >= 11 is 0. The largest absolute Gasteiger partial charge is 0.468 e. The Kier molecular flexibility index (Phi) is 4.40. The fourth-order valence-electron chi connectivity index (χ4n) is 3.04. The van der Waals surface area contributed by atoms with E-state index in [9.17, 15) is 14.4 Å². The maximum Gasteiger partial charge on any atom is 0.323 e. The van der Waals surface area contributed by atoms with Crippen LogP contribution in [0.5, 0.6) is 0 Å². The molecule has 0 unspecified atom stereocenters. The second-order valence-electron chi connectivity index (χ2n) is 5.16. The molecule has 2 rings (SSSR count). The van der Waals surface area contributed by atoms with Crippen LogP contribution in [0.4, 0.5) is 0 Å². The Bertz CT molecular complexity index is 533. The van der Waals surface area contributed by atoms with Gasteiger partial charge in [0, 0.05) is 18.8 Å². The fraction of sp³-hybridized carbons (Fsp3) is 0.438. The average molecular weight is 290 g/mol. The summed E-state index contributed by atoms with van der Waals surface area (Å²) in [6.45, 7) is 0. The molecular formula is C16H18O5. The van der Waals surface area contributed by atoms with Crippen molar-refractivity contribution in [2.45, 2.75) is 25.2 Å². The summed E-state index contributed by atoms with van der Waals surface area (Å²) in [4.78, 5) is 36.5. The van der Waals surface area contributed by atoms with Crippen LogP contribution < -0.4 is 0 Å². The first kappa shape index (κ1) is 15.2. The zero-order valence-corrected chi connectivity index (χ0v) is 12.1. The third-order valence-corrected chi connectivity index (χ3v) is 4.13. The third-order valence-electron chi connectivity index (χ3n) is 4.13. The van der Waals surface area contributed by atoms with Crippen LogP contribution in [0.2, 0.25) is 0 Å². The maximum absolute atomic E-state index is 12.3. The number of hydrogen-bond donors (Lipinski definition) is 0. The molecule has 5 heteroatoms. The number of carbonyl (C=O) groups excluding carboxylic acids is 3. The molecule has 21 heavy (non-hydrogen) atoms. The number of esters is 2. The van der Waals surface area contributed by atoms with Crippen molar-refractivity contribution in [3.05, 3.63) is 35.9 Å². The van der Waals surface area contributed by atoms with Gasteiger partial charge in [-0.2, -0.15) is 0 Å². The van der Waals surface area contributed by atoms with Crippen LogP contribution in [0.3, 0.4) is 0 Å². The van der Waals surface area contributed by atoms with Gasteiger partial charge in [-0.25, -0.2) is 0 Å². The van der Waals surface area contributed by atoms with E-state index in [1.165, 1.54) is 14.2 Å². The molecule has 1 aliphatic rings. The molecular weight excluding hydrogens is 272 g/mol. The average Bonchev–Trinajstić information content (AvgIpc) is 2.54. The topological polar surface area (TPSA) is 69.7 Å². The lowest BCUT2D eigenvalue weighted by Crippen LogP contribution is -2.49. The normalized spacial score (nSPS) is 20.7. The molecule has 1 aromatic carbocycles. The molecule has 1 aliphatic carbocycles. The number of Topliss-reactive ketones (excluding diaryl/α,β-unsaturated/α-hetero) is 1. The Hall–Kier alpha value is -2.17. The highest BCUT2D eigenvalue weighted by Gasteiger charge is 2.57. The van der Waals surface area contributed by atoms with Crippen molar-refractivity contribution in [1.29, 1.82) is 0 Å². The van der Waals surface area contributed by atoms with Crippen LogP contribution in [0.15, 0.2) is 30.3 Å². The number of benzene rings is 1. The lowest BCUT2D eigenvalue weighted by atomic mass is 9.63. The first-order valence-corrected chi connectivity index (χ1v) is 6.79. The number of ketones is 1. The Morgan fingerprint density at radius 1 is 1.10 bits per heavy atom. The van der Waals surface area contributed by atoms with Crippen molar-refractivity contribution in [2.75, 3.05) is 14.2 Å². The van der Waals surface area contributed by atoms with Crippen LogP contribution in [-0.2, 0) is 23.9 Å². The van der Waals surface area contributed by atoms with Crippen LogP contribution in [0.1, 0.15) is 30.7 Å². The van der Waals surface area contributed by atoms with Crippen molar-refractivity contribution in [3.63, 3.8) is 0 Å². The summed E-state index contributed by atoms with van der Waals surface area (Å²) in [7, 11) is 2.48. The number of methoxy groups -OCH3 is 2. The summed E-state index contributed by atoms with van der Waals surface area (Å²) in [5.41, 5.74) is -0.681. The molecule has 1 atom stereocenters. The van der Waals surface area contributed by atoms with Gasteiger partial charge in [0.2, 0.25) is 0 Å². The van der Waals surface area contributed by atoms with Gasteiger partial charge in [-0.15, -0.1) is 0 Å². The van der Waals surface area contributed by atoms with Crippen LogP contribution in [0.25, 0.3) is 0 Å². The van der Waals surface area contributed by atoms with E-state index in [0.717, 1.165) is 5.56 Å². The lowest BCUT2D eigenvalue weighted by molar-refractivity contribution is -0.173. The quantitative estimate of drug-likeness (QED) is 0.627. The molecule has 0 heterocycles. The summed E-state index contributed by atoms with van der Waals surface area (Å²) in [5, 5.41) is 0. The van der Waals surface area contributed by atoms with Crippen molar-refractivity contribution in [3.8, 4) is 0 Å². The van der Waals surface area contributed by atoms with Crippen LogP contribution in [0, 0.1) is 5.41 Å². The SMILES string of the molecule is COC(=O)C1(C(=O)OC)CCC(=O)C[C@@H]1c1ccccc1. The Morgan fingerprint density at radius 3 is 2.19 bits per heavy atom. The third kappa shape index (κ3) is 2.55. The molecule has 0 amide bonds. The van der Waals surface area contributed by atoms with Crippen molar-refractivity contribution in [2.24, 2.45) is 5.41 Å². The van der Waals surface area contributed by atoms with Gasteiger partial charge in [0.1, 0.15) is 5.78 Å². The van der Waals surface area contributed by atoms with Gasteiger partial charge in [0.25, 0.3) is 0 Å². The molecule has 0 N–H and O–H groups in total. The summed E-state index contributed by atoms with van der Waals surface area (Å²) in [6, 6.07) is 9.08. The Labute approximate surface area is 123 Å². The van der Waals surface area contributed by atoms with Crippen LogP contribution >= 0.6 is 0 Å². The van der Waals surface area contributed by atoms with Gasteiger partial charge >= 0.3 is 11.9 Å². The summed E-state index contributed by atoms with van der Waals surface area (Å²) in [5.74, 6) is -1.81. The second kappa shape index (κ2) is 6.08. The van der Waals surface area contributed by atoms with Crippen molar-refractivity contribution < 1.29 is 23.9 Å². The highest BCUT2D eigenvalue weighted by atomic mass is 16.5. The van der Waals surface area contributed by atoms with E-state index in [-0.39, 0.29) is 25.0 Å². The predicted molar refractivity (Wildman–Crippen MR) is 74.5 cm³/mol. The molecule has 0 saturated heterocycles. The van der Waals surface area contributed by atoms with E-state index in [0.29, 0.717) is 0 Å². The molecule has 112 valence electrons. The summed E-state index contributed by atoms with van der Waals surface area (Å²) in [6.07, 6.45) is 0.423. The molecule has 5 nitrogen and oxygen atoms in total. The lowest BCUT2D eigenvalue weighted by Gasteiger charge is -2.38. The highest BCUT2D eigenvalue weighted by Crippen LogP contribution is 2.48.